The molecular formula is C6H10OS. The molecule has 46 valence electrons. The van der Waals surface area contributed by atoms with Crippen LogP contribution >= 0.6 is 11.8 Å². The molecule has 0 aromatic rings. The molecule has 2 heteroatoms. The summed E-state index contributed by atoms with van der Waals surface area (Å²) in [5, 5.41) is 2.09. The van der Waals surface area contributed by atoms with Crippen LogP contribution in [0.2, 0.25) is 0 Å². The standard InChI is InChI=1S/C6H10OS/c1-5-3-8-4-6(5)7-2/h4-5H,3H2,1-2H3. The fourth-order valence-electron chi connectivity index (χ4n) is 0.722. The highest BCUT2D eigenvalue weighted by molar-refractivity contribution is 8.02. The van der Waals surface area contributed by atoms with Gasteiger partial charge in [-0.05, 0) is 0 Å². The first-order valence-corrected chi connectivity index (χ1v) is 3.75. The van der Waals surface area contributed by atoms with Crippen LogP contribution in [0.25, 0.3) is 0 Å². The maximum Gasteiger partial charge on any atom is 0.105 e. The molecule has 1 atom stereocenters. The van der Waals surface area contributed by atoms with E-state index in [0.29, 0.717) is 5.92 Å². The summed E-state index contributed by atoms with van der Waals surface area (Å²) >= 11 is 1.83. The highest BCUT2D eigenvalue weighted by atomic mass is 32.2. The normalized spacial score (nSPS) is 27.8. The first kappa shape index (κ1) is 6.02. The zero-order valence-electron chi connectivity index (χ0n) is 5.18. The van der Waals surface area contributed by atoms with Crippen molar-refractivity contribution in [1.29, 1.82) is 0 Å². The predicted molar refractivity (Wildman–Crippen MR) is 36.7 cm³/mol. The topological polar surface area (TPSA) is 9.23 Å². The Morgan fingerprint density at radius 3 is 2.88 bits per heavy atom. The number of ether oxygens (including phenoxy) is 1. The van der Waals surface area contributed by atoms with Crippen molar-refractivity contribution in [3.63, 3.8) is 0 Å². The Balaban J connectivity index is 2.49. The molecule has 0 fully saturated rings. The van der Waals surface area contributed by atoms with Gasteiger partial charge >= 0.3 is 0 Å². The van der Waals surface area contributed by atoms with E-state index in [1.54, 1.807) is 7.11 Å². The van der Waals surface area contributed by atoms with Crippen molar-refractivity contribution in [2.75, 3.05) is 12.9 Å². The Hall–Kier alpha value is -0.110. The minimum Gasteiger partial charge on any atom is -0.500 e. The van der Waals surface area contributed by atoms with Crippen molar-refractivity contribution in [2.45, 2.75) is 6.92 Å². The number of thioether (sulfide) groups is 1. The summed E-state index contributed by atoms with van der Waals surface area (Å²) in [6.45, 7) is 2.18. The maximum absolute atomic E-state index is 5.06. The van der Waals surface area contributed by atoms with Gasteiger partial charge in [-0.15, -0.1) is 11.8 Å². The predicted octanol–water partition coefficient (Wildman–Crippen LogP) is 1.86. The molecule has 1 nitrogen and oxygen atoms in total. The zero-order valence-corrected chi connectivity index (χ0v) is 5.99. The summed E-state index contributed by atoms with van der Waals surface area (Å²) in [5.41, 5.74) is 0. The molecule has 0 aliphatic carbocycles. The van der Waals surface area contributed by atoms with Gasteiger partial charge in [0.2, 0.25) is 0 Å². The number of hydrogen-bond donors (Lipinski definition) is 0. The average Bonchev–Trinajstić information content (AvgIpc) is 2.14. The van der Waals surface area contributed by atoms with Crippen molar-refractivity contribution in [3.8, 4) is 0 Å². The molecular weight excluding hydrogens is 120 g/mol. The Kier molecular flexibility index (Phi) is 1.84. The lowest BCUT2D eigenvalue weighted by atomic mass is 10.2. The van der Waals surface area contributed by atoms with Crippen molar-refractivity contribution >= 4 is 11.8 Å². The molecule has 1 aliphatic rings. The van der Waals surface area contributed by atoms with E-state index < -0.39 is 0 Å². The lowest BCUT2D eigenvalue weighted by Gasteiger charge is -2.04. The van der Waals surface area contributed by atoms with Crippen molar-refractivity contribution in [1.82, 2.24) is 0 Å². The van der Waals surface area contributed by atoms with Gasteiger partial charge in [-0.2, -0.15) is 0 Å². The second-order valence-electron chi connectivity index (χ2n) is 1.96. The molecule has 1 aliphatic heterocycles. The summed E-state index contributed by atoms with van der Waals surface area (Å²) in [7, 11) is 1.73. The summed E-state index contributed by atoms with van der Waals surface area (Å²) in [6.07, 6.45) is 0. The number of rotatable bonds is 1. The molecule has 0 saturated heterocycles. The van der Waals surface area contributed by atoms with Crippen molar-refractivity contribution in [3.05, 3.63) is 11.2 Å². The second kappa shape index (κ2) is 2.44. The van der Waals surface area contributed by atoms with Crippen LogP contribution in [0.5, 0.6) is 0 Å². The molecule has 0 amide bonds. The molecule has 0 spiro atoms. The highest BCUT2D eigenvalue weighted by Crippen LogP contribution is 2.27. The van der Waals surface area contributed by atoms with Crippen LogP contribution in [0.3, 0.4) is 0 Å². The Labute approximate surface area is 54.1 Å². The van der Waals surface area contributed by atoms with E-state index in [0.717, 1.165) is 5.76 Å². The summed E-state index contributed by atoms with van der Waals surface area (Å²) in [6, 6.07) is 0. The van der Waals surface area contributed by atoms with Gasteiger partial charge in [0, 0.05) is 17.1 Å². The minimum atomic E-state index is 0.630. The molecule has 0 N–H and O–H groups in total. The average molecular weight is 130 g/mol. The van der Waals surface area contributed by atoms with E-state index in [9.17, 15) is 0 Å². The molecule has 0 bridgehead atoms. The van der Waals surface area contributed by atoms with E-state index in [-0.39, 0.29) is 0 Å². The van der Waals surface area contributed by atoms with E-state index in [1.165, 1.54) is 5.75 Å². The lowest BCUT2D eigenvalue weighted by Crippen LogP contribution is -1.97. The fraction of sp³-hybridized carbons (Fsp3) is 0.667. The van der Waals surface area contributed by atoms with E-state index in [2.05, 4.69) is 12.3 Å². The maximum atomic E-state index is 5.06. The Bertz CT molecular complexity index is 109. The smallest absolute Gasteiger partial charge is 0.105 e. The second-order valence-corrected chi connectivity index (χ2v) is 2.86. The minimum absolute atomic E-state index is 0.630. The molecule has 0 aromatic heterocycles. The molecule has 1 unspecified atom stereocenters. The molecule has 0 aromatic carbocycles. The molecule has 8 heavy (non-hydrogen) atoms. The largest absolute Gasteiger partial charge is 0.500 e. The SMILES string of the molecule is COC1=CSCC1C. The van der Waals surface area contributed by atoms with Gasteiger partial charge in [-0.3, -0.25) is 0 Å². The molecule has 1 rings (SSSR count). The van der Waals surface area contributed by atoms with Crippen LogP contribution in [0, 0.1) is 5.92 Å². The van der Waals surface area contributed by atoms with E-state index in [1.807, 2.05) is 11.8 Å². The Morgan fingerprint density at radius 2 is 2.62 bits per heavy atom. The number of hydrogen-bond acceptors (Lipinski definition) is 2. The van der Waals surface area contributed by atoms with Crippen LogP contribution in [0.1, 0.15) is 6.92 Å². The third-order valence-electron chi connectivity index (χ3n) is 1.27. The third-order valence-corrected chi connectivity index (χ3v) is 2.36. The summed E-state index contributed by atoms with van der Waals surface area (Å²) < 4.78 is 5.06. The van der Waals surface area contributed by atoms with Gasteiger partial charge in [0.05, 0.1) is 7.11 Å². The van der Waals surface area contributed by atoms with Gasteiger partial charge in [-0.25, -0.2) is 0 Å². The van der Waals surface area contributed by atoms with Gasteiger partial charge < -0.3 is 4.74 Å². The van der Waals surface area contributed by atoms with Crippen LogP contribution in [-0.2, 0) is 4.74 Å². The Morgan fingerprint density at radius 1 is 1.88 bits per heavy atom. The van der Waals surface area contributed by atoms with Gasteiger partial charge in [0.1, 0.15) is 5.76 Å². The third kappa shape index (κ3) is 0.996. The summed E-state index contributed by atoms with van der Waals surface area (Å²) in [4.78, 5) is 0. The zero-order chi connectivity index (χ0) is 5.98. The first-order chi connectivity index (χ1) is 3.84. The van der Waals surface area contributed by atoms with E-state index in [4.69, 9.17) is 4.74 Å². The lowest BCUT2D eigenvalue weighted by molar-refractivity contribution is 0.259. The molecule has 0 radical (unpaired) electrons. The number of methoxy groups -OCH3 is 1. The van der Waals surface area contributed by atoms with Crippen LogP contribution < -0.4 is 0 Å². The van der Waals surface area contributed by atoms with Crippen LogP contribution in [0.15, 0.2) is 11.2 Å². The molecule has 1 heterocycles. The first-order valence-electron chi connectivity index (χ1n) is 2.70. The van der Waals surface area contributed by atoms with Gasteiger partial charge in [-0.1, -0.05) is 6.92 Å². The van der Waals surface area contributed by atoms with Gasteiger partial charge in [0.15, 0.2) is 0 Å². The van der Waals surface area contributed by atoms with Crippen LogP contribution in [-0.4, -0.2) is 12.9 Å². The fourth-order valence-corrected chi connectivity index (χ4v) is 1.76. The van der Waals surface area contributed by atoms with E-state index >= 15 is 0 Å². The monoisotopic (exact) mass is 130 g/mol. The molecule has 0 saturated carbocycles. The van der Waals surface area contributed by atoms with Crippen molar-refractivity contribution in [2.24, 2.45) is 5.92 Å². The van der Waals surface area contributed by atoms with Crippen LogP contribution in [0.4, 0.5) is 0 Å². The van der Waals surface area contributed by atoms with Crippen molar-refractivity contribution < 1.29 is 4.74 Å². The summed E-state index contributed by atoms with van der Waals surface area (Å²) in [5.74, 6) is 2.95. The highest BCUT2D eigenvalue weighted by Gasteiger charge is 2.13. The number of allylic oxidation sites excluding steroid dienone is 1. The van der Waals surface area contributed by atoms with Gasteiger partial charge in [0.25, 0.3) is 0 Å². The quantitative estimate of drug-likeness (QED) is 0.535.